The molecule has 0 radical (unpaired) electrons. The van der Waals surface area contributed by atoms with E-state index in [-0.39, 0.29) is 11.7 Å². The Labute approximate surface area is 179 Å². The number of nitrogens with zero attached hydrogens (tertiary/aromatic N) is 3. The summed E-state index contributed by atoms with van der Waals surface area (Å²) < 4.78 is 0. The number of hydrogen-bond donors (Lipinski definition) is 3. The van der Waals surface area contributed by atoms with E-state index in [1.807, 2.05) is 30.6 Å². The number of H-pyrrole nitrogens is 1. The number of phenols is 1. The summed E-state index contributed by atoms with van der Waals surface area (Å²) in [6.07, 6.45) is 7.48. The summed E-state index contributed by atoms with van der Waals surface area (Å²) in [5, 5.41) is 20.1. The minimum Gasteiger partial charge on any atom is -0.508 e. The highest BCUT2D eigenvalue weighted by molar-refractivity contribution is 6.11. The van der Waals surface area contributed by atoms with E-state index in [9.17, 15) is 9.90 Å². The minimum atomic E-state index is -0.311. The van der Waals surface area contributed by atoms with E-state index in [1.54, 1.807) is 12.1 Å². The lowest BCUT2D eigenvalue weighted by Crippen LogP contribution is -2.29. The van der Waals surface area contributed by atoms with E-state index < -0.39 is 0 Å². The van der Waals surface area contributed by atoms with Crippen LogP contribution in [-0.2, 0) is 0 Å². The first kappa shape index (κ1) is 19.1. The fourth-order valence-corrected chi connectivity index (χ4v) is 4.01. The van der Waals surface area contributed by atoms with Gasteiger partial charge in [0.05, 0.1) is 17.4 Å². The van der Waals surface area contributed by atoms with Crippen molar-refractivity contribution in [1.82, 2.24) is 15.2 Å². The van der Waals surface area contributed by atoms with Crippen LogP contribution >= 0.6 is 0 Å². The van der Waals surface area contributed by atoms with E-state index >= 15 is 0 Å². The number of anilines is 2. The quantitative estimate of drug-likeness (QED) is 0.426. The predicted octanol–water partition coefficient (Wildman–Crippen LogP) is 4.57. The van der Waals surface area contributed by atoms with Gasteiger partial charge < -0.3 is 15.3 Å². The second-order valence-electron chi connectivity index (χ2n) is 7.81. The van der Waals surface area contributed by atoms with Gasteiger partial charge in [0, 0.05) is 35.9 Å². The van der Waals surface area contributed by atoms with Gasteiger partial charge in [-0.05, 0) is 67.3 Å². The highest BCUT2D eigenvalue weighted by Crippen LogP contribution is 2.29. The molecular formula is C24H23N5O2. The average molecular weight is 413 g/mol. The van der Waals surface area contributed by atoms with Crippen molar-refractivity contribution in [3.05, 3.63) is 66.6 Å². The zero-order chi connectivity index (χ0) is 21.2. The van der Waals surface area contributed by atoms with Crippen molar-refractivity contribution in [2.45, 2.75) is 19.3 Å². The highest BCUT2D eigenvalue weighted by Gasteiger charge is 2.16. The highest BCUT2D eigenvalue weighted by atomic mass is 16.3. The molecule has 3 N–H and O–H groups in total. The third-order valence-electron chi connectivity index (χ3n) is 5.68. The summed E-state index contributed by atoms with van der Waals surface area (Å²) >= 11 is 0. The number of fused-ring (bicyclic) bond motifs is 1. The number of piperidine rings is 1. The molecule has 1 fully saturated rings. The summed E-state index contributed by atoms with van der Waals surface area (Å²) in [4.78, 5) is 19.6. The molecule has 7 heteroatoms. The van der Waals surface area contributed by atoms with Crippen LogP contribution in [-0.4, -0.2) is 39.3 Å². The number of benzene rings is 2. The van der Waals surface area contributed by atoms with Crippen LogP contribution in [0.3, 0.4) is 0 Å². The number of carbonyl (C=O) groups is 1. The summed E-state index contributed by atoms with van der Waals surface area (Å²) in [7, 11) is 0. The van der Waals surface area contributed by atoms with Gasteiger partial charge in [0.25, 0.3) is 5.91 Å². The number of hydrogen-bond acceptors (Lipinski definition) is 5. The van der Waals surface area contributed by atoms with Crippen LogP contribution in [0, 0.1) is 0 Å². The van der Waals surface area contributed by atoms with Gasteiger partial charge >= 0.3 is 0 Å². The zero-order valence-corrected chi connectivity index (χ0v) is 17.0. The molecule has 0 atom stereocenters. The maximum absolute atomic E-state index is 12.8. The normalized spacial score (nSPS) is 14.0. The molecule has 1 aliphatic heterocycles. The van der Waals surface area contributed by atoms with Crippen molar-refractivity contribution >= 4 is 28.2 Å². The van der Waals surface area contributed by atoms with Gasteiger partial charge in [0.2, 0.25) is 0 Å². The number of carbonyl (C=O) groups excluding carboxylic acids is 1. The van der Waals surface area contributed by atoms with Gasteiger partial charge in [0.15, 0.2) is 5.69 Å². The fourth-order valence-electron chi connectivity index (χ4n) is 4.01. The van der Waals surface area contributed by atoms with E-state index in [4.69, 9.17) is 0 Å². The lowest BCUT2D eigenvalue weighted by Gasteiger charge is -2.28. The molecule has 0 aliphatic carbocycles. The topological polar surface area (TPSA) is 94.1 Å². The molecule has 31 heavy (non-hydrogen) atoms. The smallest absolute Gasteiger partial charge is 0.276 e. The Morgan fingerprint density at radius 3 is 2.58 bits per heavy atom. The van der Waals surface area contributed by atoms with Crippen LogP contribution in [0.5, 0.6) is 5.75 Å². The van der Waals surface area contributed by atoms with Crippen LogP contribution < -0.4 is 10.2 Å². The van der Waals surface area contributed by atoms with Crippen molar-refractivity contribution < 1.29 is 9.90 Å². The third kappa shape index (κ3) is 3.94. The molecule has 1 aliphatic rings. The van der Waals surface area contributed by atoms with Crippen molar-refractivity contribution in [2.24, 2.45) is 0 Å². The predicted molar refractivity (Wildman–Crippen MR) is 121 cm³/mol. The Morgan fingerprint density at radius 1 is 0.968 bits per heavy atom. The first-order valence-electron chi connectivity index (χ1n) is 10.5. The van der Waals surface area contributed by atoms with E-state index in [0.29, 0.717) is 11.4 Å². The molecule has 5 rings (SSSR count). The fraction of sp³-hybridized carbons (Fsp3) is 0.208. The molecule has 1 saturated heterocycles. The molecule has 2 aromatic heterocycles. The monoisotopic (exact) mass is 413 g/mol. The first-order chi connectivity index (χ1) is 15.2. The number of pyridine rings is 1. The van der Waals surface area contributed by atoms with Crippen molar-refractivity contribution in [3.8, 4) is 16.9 Å². The van der Waals surface area contributed by atoms with Crippen LogP contribution in [0.4, 0.5) is 11.4 Å². The molecule has 0 bridgehead atoms. The van der Waals surface area contributed by atoms with Gasteiger partial charge in [0.1, 0.15) is 5.75 Å². The maximum Gasteiger partial charge on any atom is 0.276 e. The first-order valence-corrected chi connectivity index (χ1v) is 10.5. The molecule has 0 unspecified atom stereocenters. The number of aromatic nitrogens is 3. The SMILES string of the molecule is O=C(Nc1ccc(O)cc1)c1n[nH]c2ccc(-c3cncc(N4CCCCC4)c3)cc12. The molecule has 7 nitrogen and oxygen atoms in total. The number of nitrogens with one attached hydrogen (secondary N) is 2. The Kier molecular flexibility index (Phi) is 5.00. The molecule has 2 aromatic carbocycles. The summed E-state index contributed by atoms with van der Waals surface area (Å²) in [5.74, 6) is -0.164. The average Bonchev–Trinajstić information content (AvgIpc) is 3.25. The van der Waals surface area contributed by atoms with Crippen LogP contribution in [0.2, 0.25) is 0 Å². The molecule has 0 spiro atoms. The number of amides is 1. The third-order valence-corrected chi connectivity index (χ3v) is 5.68. The second-order valence-corrected chi connectivity index (χ2v) is 7.81. The number of rotatable bonds is 4. The Balaban J connectivity index is 1.45. The van der Waals surface area contributed by atoms with Crippen LogP contribution in [0.1, 0.15) is 29.8 Å². The zero-order valence-electron chi connectivity index (χ0n) is 17.0. The van der Waals surface area contributed by atoms with Gasteiger partial charge in [-0.2, -0.15) is 5.10 Å². The molecule has 1 amide bonds. The van der Waals surface area contributed by atoms with Gasteiger partial charge in [-0.3, -0.25) is 14.9 Å². The maximum atomic E-state index is 12.8. The molecule has 0 saturated carbocycles. The molecule has 3 heterocycles. The lowest BCUT2D eigenvalue weighted by molar-refractivity contribution is 0.102. The largest absolute Gasteiger partial charge is 0.508 e. The Morgan fingerprint density at radius 2 is 1.77 bits per heavy atom. The standard InChI is InChI=1S/C24H23N5O2/c30-20-7-5-18(6-8-20)26-24(31)23-21-13-16(4-9-22(21)27-28-23)17-12-19(15-25-14-17)29-10-2-1-3-11-29/h4-9,12-15,30H,1-3,10-11H2,(H,26,31)(H,27,28). The Bertz CT molecular complexity index is 1230. The summed E-state index contributed by atoms with van der Waals surface area (Å²) in [6.45, 7) is 2.13. The van der Waals surface area contributed by atoms with Crippen molar-refractivity contribution in [1.29, 1.82) is 0 Å². The van der Waals surface area contributed by atoms with E-state index in [1.165, 1.54) is 31.4 Å². The van der Waals surface area contributed by atoms with Crippen LogP contribution in [0.25, 0.3) is 22.0 Å². The van der Waals surface area contributed by atoms with Crippen LogP contribution in [0.15, 0.2) is 60.9 Å². The molecule has 4 aromatic rings. The molecule has 156 valence electrons. The number of aromatic hydroxyl groups is 1. The minimum absolute atomic E-state index is 0.147. The van der Waals surface area contributed by atoms with E-state index in [2.05, 4.69) is 31.5 Å². The second kappa shape index (κ2) is 8.10. The van der Waals surface area contributed by atoms with Crippen molar-refractivity contribution in [3.63, 3.8) is 0 Å². The van der Waals surface area contributed by atoms with Gasteiger partial charge in [-0.1, -0.05) is 6.07 Å². The summed E-state index contributed by atoms with van der Waals surface area (Å²) in [5.41, 5.74) is 4.84. The van der Waals surface area contributed by atoms with Gasteiger partial charge in [-0.15, -0.1) is 0 Å². The number of aromatic amines is 1. The lowest BCUT2D eigenvalue weighted by atomic mass is 10.0. The molecular weight excluding hydrogens is 390 g/mol. The van der Waals surface area contributed by atoms with Gasteiger partial charge in [-0.25, -0.2) is 0 Å². The number of phenolic OH excluding ortho intramolecular Hbond substituents is 1. The van der Waals surface area contributed by atoms with Crippen molar-refractivity contribution in [2.75, 3.05) is 23.3 Å². The van der Waals surface area contributed by atoms with E-state index in [0.717, 1.165) is 40.8 Å². The Hall–Kier alpha value is -3.87. The summed E-state index contributed by atoms with van der Waals surface area (Å²) in [6, 6.07) is 14.4.